The Hall–Kier alpha value is -2.17. The minimum absolute atomic E-state index is 0.00568. The van der Waals surface area contributed by atoms with Gasteiger partial charge in [-0.05, 0) is 35.7 Å². The molecule has 0 atom stereocenters. The highest BCUT2D eigenvalue weighted by Crippen LogP contribution is 2.36. The summed E-state index contributed by atoms with van der Waals surface area (Å²) in [6.45, 7) is 0.977. The van der Waals surface area contributed by atoms with Crippen LogP contribution in [0.3, 0.4) is 0 Å². The number of nitrogens with zero attached hydrogens (tertiary/aromatic N) is 4. The number of nitro groups is 1. The molecule has 0 unspecified atom stereocenters. The molecule has 0 saturated carbocycles. The lowest BCUT2D eigenvalue weighted by molar-refractivity contribution is -0.384. The Morgan fingerprint density at radius 1 is 1.39 bits per heavy atom. The summed E-state index contributed by atoms with van der Waals surface area (Å²) in [6, 6.07) is 6.89. The van der Waals surface area contributed by atoms with Crippen molar-refractivity contribution < 1.29 is 4.92 Å². The molecule has 0 radical (unpaired) electrons. The van der Waals surface area contributed by atoms with Crippen LogP contribution in [-0.4, -0.2) is 16.5 Å². The average Bonchev–Trinajstić information content (AvgIpc) is 2.57. The fourth-order valence-electron chi connectivity index (χ4n) is 2.72. The standard InChI is InChI=1S/C15H10BrClN4O2/c16-12-1-2-13(17)11-8-20(6-4-10(11)12)15-14(21(22)23)9(7-18)3-5-19-15/h1-3,5H,4,6,8H2. The molecular weight excluding hydrogens is 384 g/mol. The van der Waals surface area contributed by atoms with Gasteiger partial charge in [0.05, 0.1) is 4.92 Å². The summed E-state index contributed by atoms with van der Waals surface area (Å²) in [5.41, 5.74) is 1.77. The molecule has 0 fully saturated rings. The molecule has 0 spiro atoms. The fourth-order valence-corrected chi connectivity index (χ4v) is 3.53. The number of pyridine rings is 1. The molecule has 1 aliphatic heterocycles. The predicted molar refractivity (Wildman–Crippen MR) is 89.5 cm³/mol. The first kappa shape index (κ1) is 15.7. The Morgan fingerprint density at radius 2 is 2.17 bits per heavy atom. The van der Waals surface area contributed by atoms with Crippen LogP contribution >= 0.6 is 27.5 Å². The number of halogens is 2. The van der Waals surface area contributed by atoms with E-state index in [2.05, 4.69) is 20.9 Å². The largest absolute Gasteiger partial charge is 0.346 e. The van der Waals surface area contributed by atoms with Gasteiger partial charge >= 0.3 is 5.69 Å². The van der Waals surface area contributed by atoms with Gasteiger partial charge in [0.1, 0.15) is 11.6 Å². The number of benzene rings is 1. The van der Waals surface area contributed by atoms with Crippen LogP contribution in [0.4, 0.5) is 11.5 Å². The van der Waals surface area contributed by atoms with Crippen molar-refractivity contribution in [2.75, 3.05) is 11.4 Å². The smallest absolute Gasteiger partial charge is 0.329 e. The maximum Gasteiger partial charge on any atom is 0.329 e. The summed E-state index contributed by atoms with van der Waals surface area (Å²) >= 11 is 9.78. The molecule has 116 valence electrons. The number of aromatic nitrogens is 1. The lowest BCUT2D eigenvalue weighted by atomic mass is 9.99. The Balaban J connectivity index is 2.07. The monoisotopic (exact) mass is 392 g/mol. The summed E-state index contributed by atoms with van der Waals surface area (Å²) in [5.74, 6) is 0.204. The van der Waals surface area contributed by atoms with Crippen molar-refractivity contribution in [1.82, 2.24) is 4.98 Å². The van der Waals surface area contributed by atoms with Gasteiger partial charge in [0, 0.05) is 28.8 Å². The second-order valence-corrected chi connectivity index (χ2v) is 6.32. The third-order valence-corrected chi connectivity index (χ3v) is 4.90. The molecule has 1 aliphatic rings. The summed E-state index contributed by atoms with van der Waals surface area (Å²) in [5, 5.41) is 21.1. The van der Waals surface area contributed by atoms with E-state index in [9.17, 15) is 10.1 Å². The molecule has 23 heavy (non-hydrogen) atoms. The molecule has 1 aromatic carbocycles. The predicted octanol–water partition coefficient (Wildman–Crippen LogP) is 3.84. The van der Waals surface area contributed by atoms with Crippen LogP contribution in [0.1, 0.15) is 16.7 Å². The zero-order valence-electron chi connectivity index (χ0n) is 11.8. The van der Waals surface area contributed by atoms with Crippen molar-refractivity contribution in [3.8, 4) is 6.07 Å². The molecule has 0 aliphatic carbocycles. The highest BCUT2D eigenvalue weighted by Gasteiger charge is 2.29. The maximum absolute atomic E-state index is 11.4. The van der Waals surface area contributed by atoms with Gasteiger partial charge in [-0.2, -0.15) is 5.26 Å². The van der Waals surface area contributed by atoms with E-state index in [1.54, 1.807) is 11.0 Å². The molecule has 2 aromatic rings. The first-order valence-electron chi connectivity index (χ1n) is 6.77. The molecule has 0 saturated heterocycles. The molecule has 6 nitrogen and oxygen atoms in total. The first-order chi connectivity index (χ1) is 11.0. The summed E-state index contributed by atoms with van der Waals surface area (Å²) in [6.07, 6.45) is 2.10. The van der Waals surface area contributed by atoms with Gasteiger partial charge in [-0.25, -0.2) is 4.98 Å². The van der Waals surface area contributed by atoms with Crippen molar-refractivity contribution in [3.63, 3.8) is 0 Å². The number of anilines is 1. The van der Waals surface area contributed by atoms with E-state index in [-0.39, 0.29) is 17.1 Å². The quantitative estimate of drug-likeness (QED) is 0.572. The van der Waals surface area contributed by atoms with Gasteiger partial charge in [-0.1, -0.05) is 27.5 Å². The first-order valence-corrected chi connectivity index (χ1v) is 7.94. The Bertz CT molecular complexity index is 850. The Morgan fingerprint density at radius 3 is 2.87 bits per heavy atom. The van der Waals surface area contributed by atoms with Crippen LogP contribution in [0.25, 0.3) is 0 Å². The van der Waals surface area contributed by atoms with Crippen molar-refractivity contribution in [3.05, 3.63) is 60.7 Å². The molecule has 2 heterocycles. The Labute approximate surface area is 145 Å². The van der Waals surface area contributed by atoms with Gasteiger partial charge in [0.15, 0.2) is 0 Å². The number of nitriles is 1. The maximum atomic E-state index is 11.4. The van der Waals surface area contributed by atoms with E-state index < -0.39 is 4.92 Å². The van der Waals surface area contributed by atoms with Crippen molar-refractivity contribution in [2.24, 2.45) is 0 Å². The molecule has 0 bridgehead atoms. The van der Waals surface area contributed by atoms with E-state index in [0.29, 0.717) is 24.5 Å². The zero-order valence-corrected chi connectivity index (χ0v) is 14.1. The highest BCUT2D eigenvalue weighted by atomic mass is 79.9. The van der Waals surface area contributed by atoms with Crippen LogP contribution < -0.4 is 4.90 Å². The molecule has 1 aromatic heterocycles. The number of rotatable bonds is 2. The topological polar surface area (TPSA) is 83.1 Å². The Kier molecular flexibility index (Phi) is 4.20. The third kappa shape index (κ3) is 2.76. The van der Waals surface area contributed by atoms with Crippen LogP contribution in [0.5, 0.6) is 0 Å². The molecule has 0 amide bonds. The number of hydrogen-bond donors (Lipinski definition) is 0. The van der Waals surface area contributed by atoms with E-state index in [1.165, 1.54) is 12.3 Å². The second kappa shape index (κ2) is 6.14. The van der Waals surface area contributed by atoms with E-state index >= 15 is 0 Å². The van der Waals surface area contributed by atoms with Gasteiger partial charge in [0.25, 0.3) is 0 Å². The normalized spacial score (nSPS) is 13.3. The summed E-state index contributed by atoms with van der Waals surface area (Å²) in [7, 11) is 0. The van der Waals surface area contributed by atoms with Crippen LogP contribution in [-0.2, 0) is 13.0 Å². The van der Waals surface area contributed by atoms with E-state index in [0.717, 1.165) is 15.6 Å². The molecule has 8 heteroatoms. The summed E-state index contributed by atoms with van der Waals surface area (Å²) < 4.78 is 0.977. The highest BCUT2D eigenvalue weighted by molar-refractivity contribution is 9.10. The van der Waals surface area contributed by atoms with E-state index in [4.69, 9.17) is 16.9 Å². The second-order valence-electron chi connectivity index (χ2n) is 5.06. The zero-order chi connectivity index (χ0) is 16.6. The van der Waals surface area contributed by atoms with Crippen molar-refractivity contribution in [2.45, 2.75) is 13.0 Å². The van der Waals surface area contributed by atoms with E-state index in [1.807, 2.05) is 12.1 Å². The third-order valence-electron chi connectivity index (χ3n) is 3.81. The summed E-state index contributed by atoms with van der Waals surface area (Å²) in [4.78, 5) is 16.7. The van der Waals surface area contributed by atoms with Crippen LogP contribution in [0.15, 0.2) is 28.9 Å². The molecule has 0 N–H and O–H groups in total. The SMILES string of the molecule is N#Cc1ccnc(N2CCc3c(Br)ccc(Cl)c3C2)c1[N+](=O)[O-]. The lowest BCUT2D eigenvalue weighted by Gasteiger charge is -2.30. The van der Waals surface area contributed by atoms with Gasteiger partial charge in [0.2, 0.25) is 5.82 Å². The van der Waals surface area contributed by atoms with Crippen LogP contribution in [0.2, 0.25) is 5.02 Å². The van der Waals surface area contributed by atoms with Crippen molar-refractivity contribution in [1.29, 1.82) is 5.26 Å². The van der Waals surface area contributed by atoms with Gasteiger partial charge in [-0.15, -0.1) is 0 Å². The minimum Gasteiger partial charge on any atom is -0.346 e. The lowest BCUT2D eigenvalue weighted by Crippen LogP contribution is -2.32. The number of hydrogen-bond acceptors (Lipinski definition) is 5. The molecule has 3 rings (SSSR count). The number of fused-ring (bicyclic) bond motifs is 1. The fraction of sp³-hybridized carbons (Fsp3) is 0.200. The van der Waals surface area contributed by atoms with Gasteiger partial charge in [-0.3, -0.25) is 10.1 Å². The van der Waals surface area contributed by atoms with Crippen LogP contribution in [0, 0.1) is 21.4 Å². The average molecular weight is 394 g/mol. The van der Waals surface area contributed by atoms with Crippen molar-refractivity contribution >= 4 is 39.0 Å². The molecular formula is C15H10BrClN4O2. The minimum atomic E-state index is -0.557. The van der Waals surface area contributed by atoms with Gasteiger partial charge < -0.3 is 4.90 Å².